The van der Waals surface area contributed by atoms with Crippen LogP contribution in [0.1, 0.15) is 38.2 Å². The molecule has 128 valence electrons. The number of carbonyl (C=O) groups is 1. The highest BCUT2D eigenvalue weighted by Crippen LogP contribution is 2.33. The molecule has 0 radical (unpaired) electrons. The molecule has 4 nitrogen and oxygen atoms in total. The van der Waals surface area contributed by atoms with Crippen molar-refractivity contribution in [2.75, 3.05) is 20.6 Å². The van der Waals surface area contributed by atoms with Crippen LogP contribution in [0.25, 0.3) is 0 Å². The third-order valence-electron chi connectivity index (χ3n) is 4.83. The second-order valence-electron chi connectivity index (χ2n) is 6.74. The lowest BCUT2D eigenvalue weighted by molar-refractivity contribution is -0.127. The van der Waals surface area contributed by atoms with E-state index in [9.17, 15) is 4.79 Å². The fourth-order valence-corrected chi connectivity index (χ4v) is 3.74. The Morgan fingerprint density at radius 1 is 1.39 bits per heavy atom. The largest absolute Gasteiger partial charge is 0.480 e. The molecule has 1 aliphatic carbocycles. The summed E-state index contributed by atoms with van der Waals surface area (Å²) in [5.41, 5.74) is 1.25. The van der Waals surface area contributed by atoms with Gasteiger partial charge in [-0.3, -0.25) is 4.79 Å². The fourth-order valence-electron chi connectivity index (χ4n) is 3.16. The molecule has 1 N–H and O–H groups in total. The van der Waals surface area contributed by atoms with E-state index in [1.807, 2.05) is 25.1 Å². The highest BCUT2D eigenvalue weighted by molar-refractivity contribution is 9.10. The predicted octanol–water partition coefficient (Wildman–Crippen LogP) is 3.52. The normalized spacial score (nSPS) is 18.0. The van der Waals surface area contributed by atoms with Gasteiger partial charge in [0, 0.05) is 12.1 Å². The van der Waals surface area contributed by atoms with Crippen molar-refractivity contribution in [1.82, 2.24) is 10.2 Å². The first-order valence-corrected chi connectivity index (χ1v) is 9.01. The van der Waals surface area contributed by atoms with Crippen LogP contribution in [-0.4, -0.2) is 43.1 Å². The zero-order chi connectivity index (χ0) is 17.0. The number of benzene rings is 1. The Morgan fingerprint density at radius 3 is 2.61 bits per heavy atom. The molecular formula is C18H27BrN2O2. The van der Waals surface area contributed by atoms with E-state index in [-0.39, 0.29) is 11.4 Å². The lowest BCUT2D eigenvalue weighted by Gasteiger charge is -2.36. The van der Waals surface area contributed by atoms with Gasteiger partial charge in [0.2, 0.25) is 0 Å². The van der Waals surface area contributed by atoms with E-state index >= 15 is 0 Å². The van der Waals surface area contributed by atoms with Gasteiger partial charge in [0.05, 0.1) is 4.47 Å². The first-order valence-electron chi connectivity index (χ1n) is 8.22. The number of nitrogens with zero attached hydrogens (tertiary/aromatic N) is 1. The van der Waals surface area contributed by atoms with E-state index in [0.29, 0.717) is 12.3 Å². The van der Waals surface area contributed by atoms with Gasteiger partial charge in [0.1, 0.15) is 5.75 Å². The standard InChI is InChI=1S/C18H27BrN2O2/c1-13-7-8-16(15(19)11-13)23-14(2)17(22)20-12-18(21(3)4)9-5-6-10-18/h7-8,11,14H,5-6,9-10,12H2,1-4H3,(H,20,22). The highest BCUT2D eigenvalue weighted by atomic mass is 79.9. The predicted molar refractivity (Wildman–Crippen MR) is 96.9 cm³/mol. The van der Waals surface area contributed by atoms with Crippen molar-refractivity contribution in [1.29, 1.82) is 0 Å². The maximum absolute atomic E-state index is 12.4. The quantitative estimate of drug-likeness (QED) is 0.818. The van der Waals surface area contributed by atoms with E-state index in [1.54, 1.807) is 6.92 Å². The Labute approximate surface area is 147 Å². The topological polar surface area (TPSA) is 41.6 Å². The minimum Gasteiger partial charge on any atom is -0.480 e. The van der Waals surface area contributed by atoms with Crippen molar-refractivity contribution in [3.63, 3.8) is 0 Å². The van der Waals surface area contributed by atoms with Crippen LogP contribution in [0.3, 0.4) is 0 Å². The Balaban J connectivity index is 1.92. The molecule has 23 heavy (non-hydrogen) atoms. The number of likely N-dealkylation sites (N-methyl/N-ethyl adjacent to an activating group) is 1. The molecule has 1 aromatic carbocycles. The Hall–Kier alpha value is -1.07. The van der Waals surface area contributed by atoms with Gasteiger partial charge in [-0.1, -0.05) is 18.9 Å². The summed E-state index contributed by atoms with van der Waals surface area (Å²) >= 11 is 3.48. The van der Waals surface area contributed by atoms with Gasteiger partial charge >= 0.3 is 0 Å². The molecule has 0 aliphatic heterocycles. The summed E-state index contributed by atoms with van der Waals surface area (Å²) in [5, 5.41) is 3.08. The first kappa shape index (κ1) is 18.3. The van der Waals surface area contributed by atoms with Crippen LogP contribution in [0.2, 0.25) is 0 Å². The summed E-state index contributed by atoms with van der Waals surface area (Å²) in [6, 6.07) is 5.85. The molecule has 5 heteroatoms. The highest BCUT2D eigenvalue weighted by Gasteiger charge is 2.36. The summed E-state index contributed by atoms with van der Waals surface area (Å²) < 4.78 is 6.67. The smallest absolute Gasteiger partial charge is 0.260 e. The third-order valence-corrected chi connectivity index (χ3v) is 5.45. The summed E-state index contributed by atoms with van der Waals surface area (Å²) in [5.74, 6) is 0.632. The summed E-state index contributed by atoms with van der Waals surface area (Å²) in [4.78, 5) is 14.6. The van der Waals surface area contributed by atoms with E-state index < -0.39 is 6.10 Å². The van der Waals surface area contributed by atoms with Crippen LogP contribution in [0.5, 0.6) is 5.75 Å². The number of rotatable bonds is 6. The second-order valence-corrected chi connectivity index (χ2v) is 7.59. The molecule has 1 aliphatic rings. The third kappa shape index (κ3) is 4.48. The molecule has 2 rings (SSSR count). The summed E-state index contributed by atoms with van der Waals surface area (Å²) in [6.07, 6.45) is 4.22. The van der Waals surface area contributed by atoms with Crippen LogP contribution in [0.15, 0.2) is 22.7 Å². The van der Waals surface area contributed by atoms with Gasteiger partial charge < -0.3 is 15.0 Å². The zero-order valence-electron chi connectivity index (χ0n) is 14.5. The van der Waals surface area contributed by atoms with Gasteiger partial charge in [-0.2, -0.15) is 0 Å². The van der Waals surface area contributed by atoms with E-state index in [0.717, 1.165) is 22.9 Å². The van der Waals surface area contributed by atoms with E-state index in [2.05, 4.69) is 40.2 Å². The van der Waals surface area contributed by atoms with Crippen LogP contribution in [0, 0.1) is 6.92 Å². The lowest BCUT2D eigenvalue weighted by atomic mass is 9.96. The van der Waals surface area contributed by atoms with Crippen molar-refractivity contribution in [2.45, 2.75) is 51.2 Å². The number of halogens is 1. The molecule has 0 saturated heterocycles. The monoisotopic (exact) mass is 382 g/mol. The Kier molecular flexibility index (Phi) is 6.09. The van der Waals surface area contributed by atoms with Crippen molar-refractivity contribution < 1.29 is 9.53 Å². The minimum atomic E-state index is -0.519. The second kappa shape index (κ2) is 7.67. The van der Waals surface area contributed by atoms with E-state index in [1.165, 1.54) is 12.8 Å². The van der Waals surface area contributed by atoms with Gasteiger partial charge in [0.25, 0.3) is 5.91 Å². The molecule has 0 bridgehead atoms. The van der Waals surface area contributed by atoms with Crippen LogP contribution in [-0.2, 0) is 4.79 Å². The molecule has 1 fully saturated rings. The van der Waals surface area contributed by atoms with Crippen LogP contribution in [0.4, 0.5) is 0 Å². The minimum absolute atomic E-state index is 0.0643. The lowest BCUT2D eigenvalue weighted by Crippen LogP contribution is -2.52. The number of hydrogen-bond acceptors (Lipinski definition) is 3. The van der Waals surface area contributed by atoms with E-state index in [4.69, 9.17) is 4.74 Å². The van der Waals surface area contributed by atoms with Gasteiger partial charge in [-0.05, 0) is 74.4 Å². The molecular weight excluding hydrogens is 356 g/mol. The number of aryl methyl sites for hydroxylation is 1. The molecule has 1 unspecified atom stereocenters. The average Bonchev–Trinajstić information content (AvgIpc) is 2.98. The molecule has 1 aromatic rings. The maximum Gasteiger partial charge on any atom is 0.260 e. The SMILES string of the molecule is Cc1ccc(OC(C)C(=O)NCC2(N(C)C)CCCC2)c(Br)c1. The Morgan fingerprint density at radius 2 is 2.04 bits per heavy atom. The van der Waals surface area contributed by atoms with Crippen LogP contribution < -0.4 is 10.1 Å². The zero-order valence-corrected chi connectivity index (χ0v) is 16.1. The fraction of sp³-hybridized carbons (Fsp3) is 0.611. The molecule has 1 amide bonds. The van der Waals surface area contributed by atoms with Gasteiger partial charge in [-0.15, -0.1) is 0 Å². The van der Waals surface area contributed by atoms with Crippen molar-refractivity contribution in [3.05, 3.63) is 28.2 Å². The number of hydrogen-bond donors (Lipinski definition) is 1. The first-order chi connectivity index (χ1) is 10.8. The molecule has 0 heterocycles. The number of carbonyl (C=O) groups excluding carboxylic acids is 1. The maximum atomic E-state index is 12.4. The molecule has 0 aromatic heterocycles. The van der Waals surface area contributed by atoms with Gasteiger partial charge in [0.15, 0.2) is 6.10 Å². The Bertz CT molecular complexity index is 554. The number of ether oxygens (including phenoxy) is 1. The number of nitrogens with one attached hydrogen (secondary N) is 1. The number of amides is 1. The molecule has 1 atom stereocenters. The summed E-state index contributed by atoms with van der Waals surface area (Å²) in [7, 11) is 4.20. The van der Waals surface area contributed by atoms with Crippen LogP contribution >= 0.6 is 15.9 Å². The molecule has 1 saturated carbocycles. The molecule has 0 spiro atoms. The summed E-state index contributed by atoms with van der Waals surface area (Å²) in [6.45, 7) is 4.49. The van der Waals surface area contributed by atoms with Crippen molar-refractivity contribution in [3.8, 4) is 5.75 Å². The van der Waals surface area contributed by atoms with Gasteiger partial charge in [-0.25, -0.2) is 0 Å². The average molecular weight is 383 g/mol. The van der Waals surface area contributed by atoms with Crippen molar-refractivity contribution in [2.24, 2.45) is 0 Å². The van der Waals surface area contributed by atoms with Crippen molar-refractivity contribution >= 4 is 21.8 Å².